The van der Waals surface area contributed by atoms with Crippen molar-refractivity contribution >= 4 is 16.9 Å². The number of tetrazole rings is 1. The summed E-state index contributed by atoms with van der Waals surface area (Å²) in [6.45, 7) is 4.13. The normalized spacial score (nSPS) is 12.4. The number of hydrogen-bond acceptors (Lipinski definition) is 5. The zero-order chi connectivity index (χ0) is 19.7. The first-order valence-electron chi connectivity index (χ1n) is 9.11. The fourth-order valence-corrected chi connectivity index (χ4v) is 3.33. The maximum Gasteiger partial charge on any atom is 0.254 e. The molecule has 0 saturated carbocycles. The van der Waals surface area contributed by atoms with Crippen LogP contribution >= 0.6 is 0 Å². The van der Waals surface area contributed by atoms with Gasteiger partial charge in [0.15, 0.2) is 0 Å². The third-order valence-corrected chi connectivity index (χ3v) is 4.80. The van der Waals surface area contributed by atoms with Crippen molar-refractivity contribution in [3.05, 3.63) is 66.2 Å². The monoisotopic (exact) mass is 375 g/mol. The third-order valence-electron chi connectivity index (χ3n) is 4.80. The number of carbonyl (C=O) groups is 1. The Labute approximate surface area is 162 Å². The highest BCUT2D eigenvalue weighted by Crippen LogP contribution is 2.25. The maximum absolute atomic E-state index is 13.1. The molecule has 28 heavy (non-hydrogen) atoms. The van der Waals surface area contributed by atoms with Crippen LogP contribution in [0.5, 0.6) is 0 Å². The van der Waals surface area contributed by atoms with E-state index in [1.807, 2.05) is 54.1 Å². The number of aromatic nitrogens is 6. The predicted octanol–water partition coefficient (Wildman–Crippen LogP) is 2.68. The van der Waals surface area contributed by atoms with Crippen LogP contribution in [0.15, 0.2) is 54.9 Å². The van der Waals surface area contributed by atoms with E-state index < -0.39 is 0 Å². The Hall–Kier alpha value is -3.55. The Morgan fingerprint density at radius 2 is 1.82 bits per heavy atom. The smallest absolute Gasteiger partial charge is 0.254 e. The van der Waals surface area contributed by atoms with Gasteiger partial charge in [0.2, 0.25) is 0 Å². The number of fused-ring (bicyclic) bond motifs is 1. The molecule has 1 N–H and O–H groups in total. The lowest BCUT2D eigenvalue weighted by atomic mass is 10.0. The summed E-state index contributed by atoms with van der Waals surface area (Å²) in [6, 6.07) is 14.9. The van der Waals surface area contributed by atoms with Crippen molar-refractivity contribution in [3.8, 4) is 5.69 Å². The highest BCUT2D eigenvalue weighted by Gasteiger charge is 2.25. The second kappa shape index (κ2) is 7.22. The van der Waals surface area contributed by atoms with Gasteiger partial charge in [0, 0.05) is 7.05 Å². The zero-order valence-electron chi connectivity index (χ0n) is 15.9. The summed E-state index contributed by atoms with van der Waals surface area (Å²) in [4.78, 5) is 17.9. The molecular formula is C20H21N7O. The molecule has 4 rings (SSSR count). The molecule has 0 aliphatic carbocycles. The minimum absolute atomic E-state index is 0.152. The molecule has 1 amide bonds. The lowest BCUT2D eigenvalue weighted by Crippen LogP contribution is -2.34. The van der Waals surface area contributed by atoms with Crippen LogP contribution in [0.25, 0.3) is 16.7 Å². The van der Waals surface area contributed by atoms with E-state index in [0.717, 1.165) is 16.9 Å². The first-order chi connectivity index (χ1) is 13.6. The Kier molecular flexibility index (Phi) is 4.60. The number of nitrogens with zero attached hydrogens (tertiary/aromatic N) is 6. The average Bonchev–Trinajstić information content (AvgIpc) is 3.35. The molecular weight excluding hydrogens is 354 g/mol. The summed E-state index contributed by atoms with van der Waals surface area (Å²) in [7, 11) is 1.97. The number of benzene rings is 2. The van der Waals surface area contributed by atoms with Crippen molar-refractivity contribution < 1.29 is 4.79 Å². The van der Waals surface area contributed by atoms with Crippen molar-refractivity contribution in [2.75, 3.05) is 0 Å². The van der Waals surface area contributed by atoms with Gasteiger partial charge in [-0.15, -0.1) is 5.10 Å². The largest absolute Gasteiger partial charge is 0.342 e. The highest BCUT2D eigenvalue weighted by atomic mass is 16.1. The van der Waals surface area contributed by atoms with Crippen molar-refractivity contribution in [3.63, 3.8) is 0 Å². The number of imidazole rings is 1. The van der Waals surface area contributed by atoms with E-state index in [1.165, 1.54) is 11.0 Å². The molecule has 0 fully saturated rings. The Balaban J connectivity index is 1.70. The molecule has 1 atom stereocenters. The number of para-hydroxylation sites is 3. The van der Waals surface area contributed by atoms with Crippen molar-refractivity contribution in [2.24, 2.45) is 13.0 Å². The second-order valence-corrected chi connectivity index (χ2v) is 6.98. The van der Waals surface area contributed by atoms with Gasteiger partial charge in [-0.1, -0.05) is 38.1 Å². The van der Waals surface area contributed by atoms with Crippen LogP contribution in [0.2, 0.25) is 0 Å². The van der Waals surface area contributed by atoms with Crippen LogP contribution in [0.4, 0.5) is 0 Å². The minimum Gasteiger partial charge on any atom is -0.342 e. The van der Waals surface area contributed by atoms with E-state index in [0.29, 0.717) is 11.3 Å². The first-order valence-corrected chi connectivity index (χ1v) is 9.11. The molecule has 0 aliphatic heterocycles. The molecule has 0 radical (unpaired) electrons. The number of carbonyl (C=O) groups excluding carboxylic acids is 1. The molecule has 0 aliphatic rings. The van der Waals surface area contributed by atoms with Gasteiger partial charge in [-0.05, 0) is 40.6 Å². The zero-order valence-corrected chi connectivity index (χ0v) is 15.9. The SMILES string of the molecule is CC(C)[C@H](NC(=O)c1ccccc1-n1cnnn1)c1nc2ccccc2n1C. The summed E-state index contributed by atoms with van der Waals surface area (Å²) in [5.41, 5.74) is 3.07. The van der Waals surface area contributed by atoms with E-state index in [1.54, 1.807) is 6.07 Å². The Morgan fingerprint density at radius 1 is 1.07 bits per heavy atom. The van der Waals surface area contributed by atoms with Gasteiger partial charge in [0.25, 0.3) is 5.91 Å². The van der Waals surface area contributed by atoms with Gasteiger partial charge in [-0.25, -0.2) is 4.98 Å². The molecule has 0 saturated heterocycles. The standard InChI is InChI=1S/C20H21N7O/c1-13(2)18(19-22-15-9-5-7-11-17(15)26(19)3)23-20(28)14-8-4-6-10-16(14)27-12-21-24-25-27/h4-13,18H,1-3H3,(H,23,28)/t18-/m0/s1. The molecule has 0 bridgehead atoms. The quantitative estimate of drug-likeness (QED) is 0.579. The number of hydrogen-bond donors (Lipinski definition) is 1. The van der Waals surface area contributed by atoms with Gasteiger partial charge < -0.3 is 9.88 Å². The van der Waals surface area contributed by atoms with E-state index in [4.69, 9.17) is 4.98 Å². The van der Waals surface area contributed by atoms with Crippen LogP contribution in [0, 0.1) is 5.92 Å². The van der Waals surface area contributed by atoms with Gasteiger partial charge in [0.05, 0.1) is 28.3 Å². The van der Waals surface area contributed by atoms with Crippen molar-refractivity contribution in [1.82, 2.24) is 35.1 Å². The van der Waals surface area contributed by atoms with Gasteiger partial charge >= 0.3 is 0 Å². The van der Waals surface area contributed by atoms with Crippen molar-refractivity contribution in [1.29, 1.82) is 0 Å². The van der Waals surface area contributed by atoms with Crippen LogP contribution < -0.4 is 5.32 Å². The topological polar surface area (TPSA) is 90.5 Å². The fourth-order valence-electron chi connectivity index (χ4n) is 3.33. The van der Waals surface area contributed by atoms with Gasteiger partial charge in [-0.2, -0.15) is 4.68 Å². The molecule has 0 spiro atoms. The van der Waals surface area contributed by atoms with Gasteiger partial charge in [0.1, 0.15) is 12.2 Å². The molecule has 2 heterocycles. The minimum atomic E-state index is -0.244. The van der Waals surface area contributed by atoms with E-state index in [9.17, 15) is 4.79 Å². The van der Waals surface area contributed by atoms with Crippen LogP contribution in [0.3, 0.4) is 0 Å². The molecule has 0 unspecified atom stereocenters. The van der Waals surface area contributed by atoms with E-state index >= 15 is 0 Å². The molecule has 8 heteroatoms. The average molecular weight is 375 g/mol. The lowest BCUT2D eigenvalue weighted by Gasteiger charge is -2.22. The fraction of sp³-hybridized carbons (Fsp3) is 0.250. The van der Waals surface area contributed by atoms with Crippen LogP contribution in [-0.4, -0.2) is 35.7 Å². The van der Waals surface area contributed by atoms with Crippen molar-refractivity contribution in [2.45, 2.75) is 19.9 Å². The predicted molar refractivity (Wildman–Crippen MR) is 105 cm³/mol. The molecule has 2 aromatic carbocycles. The number of nitrogens with one attached hydrogen (secondary N) is 1. The number of amides is 1. The molecule has 142 valence electrons. The second-order valence-electron chi connectivity index (χ2n) is 6.98. The third kappa shape index (κ3) is 3.13. The molecule has 4 aromatic rings. The molecule has 2 aromatic heterocycles. The van der Waals surface area contributed by atoms with Crippen LogP contribution in [0.1, 0.15) is 36.1 Å². The summed E-state index contributed by atoms with van der Waals surface area (Å²) in [6.07, 6.45) is 1.47. The summed E-state index contributed by atoms with van der Waals surface area (Å²) in [5.74, 6) is 0.779. The highest BCUT2D eigenvalue weighted by molar-refractivity contribution is 5.98. The summed E-state index contributed by atoms with van der Waals surface area (Å²) in [5, 5.41) is 14.4. The van der Waals surface area contributed by atoms with Gasteiger partial charge in [-0.3, -0.25) is 4.79 Å². The Bertz CT molecular complexity index is 1110. The summed E-state index contributed by atoms with van der Waals surface area (Å²) >= 11 is 0. The maximum atomic E-state index is 13.1. The van der Waals surface area contributed by atoms with E-state index in [2.05, 4.69) is 34.7 Å². The first kappa shape index (κ1) is 17.8. The lowest BCUT2D eigenvalue weighted by molar-refractivity contribution is 0.0922. The number of rotatable bonds is 5. The molecule has 8 nitrogen and oxygen atoms in total. The number of aryl methyl sites for hydroxylation is 1. The van der Waals surface area contributed by atoms with E-state index in [-0.39, 0.29) is 17.9 Å². The Morgan fingerprint density at radius 3 is 2.54 bits per heavy atom. The summed E-state index contributed by atoms with van der Waals surface area (Å²) < 4.78 is 3.52. The van der Waals surface area contributed by atoms with Crippen LogP contribution in [-0.2, 0) is 7.05 Å².